The number of carbonyl (C=O) groups is 1. The van der Waals surface area contributed by atoms with Gasteiger partial charge in [0, 0.05) is 12.7 Å². The van der Waals surface area contributed by atoms with Gasteiger partial charge in [0.2, 0.25) is 5.91 Å². The molecule has 1 amide bonds. The van der Waals surface area contributed by atoms with Gasteiger partial charge in [-0.1, -0.05) is 0 Å². The van der Waals surface area contributed by atoms with Crippen LogP contribution in [0.15, 0.2) is 18.5 Å². The molecular formula is C9H11N3O. The van der Waals surface area contributed by atoms with E-state index in [1.807, 2.05) is 17.9 Å². The van der Waals surface area contributed by atoms with Crippen LogP contribution in [0, 0.1) is 0 Å². The molecule has 0 saturated heterocycles. The van der Waals surface area contributed by atoms with Gasteiger partial charge in [-0.25, -0.2) is 0 Å². The lowest BCUT2D eigenvalue weighted by Gasteiger charge is -2.29. The van der Waals surface area contributed by atoms with Crippen LogP contribution >= 0.6 is 0 Å². The smallest absolute Gasteiger partial charge is 0.243 e. The molecule has 1 aliphatic heterocycles. The lowest BCUT2D eigenvalue weighted by molar-refractivity contribution is -0.115. The van der Waals surface area contributed by atoms with Gasteiger partial charge < -0.3 is 10.2 Å². The summed E-state index contributed by atoms with van der Waals surface area (Å²) < 4.78 is 0. The second-order valence-electron chi connectivity index (χ2n) is 2.96. The molecular weight excluding hydrogens is 166 g/mol. The third kappa shape index (κ3) is 1.35. The molecule has 1 aromatic heterocycles. The minimum Gasteiger partial charge on any atom is -0.361 e. The molecule has 0 radical (unpaired) electrons. The third-order valence-electron chi connectivity index (χ3n) is 2.13. The Morgan fingerprint density at radius 3 is 3.31 bits per heavy atom. The molecule has 4 heteroatoms. The van der Waals surface area contributed by atoms with Crippen molar-refractivity contribution in [3.63, 3.8) is 0 Å². The molecule has 68 valence electrons. The molecule has 1 aliphatic rings. The average molecular weight is 177 g/mol. The van der Waals surface area contributed by atoms with E-state index in [1.165, 1.54) is 0 Å². The van der Waals surface area contributed by atoms with Gasteiger partial charge in [-0.05, 0) is 13.0 Å². The number of aromatic nitrogens is 1. The van der Waals surface area contributed by atoms with Crippen molar-refractivity contribution in [2.45, 2.75) is 6.92 Å². The van der Waals surface area contributed by atoms with Gasteiger partial charge in [0.25, 0.3) is 0 Å². The molecule has 0 unspecified atom stereocenters. The molecule has 1 aromatic rings. The van der Waals surface area contributed by atoms with Gasteiger partial charge in [-0.3, -0.25) is 9.78 Å². The second kappa shape index (κ2) is 3.05. The highest BCUT2D eigenvalue weighted by atomic mass is 16.2. The third-order valence-corrected chi connectivity index (χ3v) is 2.13. The first-order valence-corrected chi connectivity index (χ1v) is 4.30. The van der Waals surface area contributed by atoms with Gasteiger partial charge >= 0.3 is 0 Å². The van der Waals surface area contributed by atoms with Gasteiger partial charge in [-0.15, -0.1) is 0 Å². The molecule has 0 spiro atoms. The fraction of sp³-hybridized carbons (Fsp3) is 0.333. The number of nitrogens with one attached hydrogen (secondary N) is 1. The number of carbonyl (C=O) groups excluding carboxylic acids is 1. The van der Waals surface area contributed by atoms with Gasteiger partial charge in [0.1, 0.15) is 0 Å². The molecule has 0 saturated carbocycles. The first-order chi connectivity index (χ1) is 6.31. The van der Waals surface area contributed by atoms with Crippen molar-refractivity contribution in [1.29, 1.82) is 0 Å². The molecule has 13 heavy (non-hydrogen) atoms. The standard InChI is InChI=1S/C9H11N3O/c1-2-12-6-9(13)11-7-5-10-4-3-8(7)12/h3-5H,2,6H2,1H3,(H,11,13). The number of nitrogens with zero attached hydrogens (tertiary/aromatic N) is 2. The molecule has 0 bridgehead atoms. The van der Waals surface area contributed by atoms with Crippen LogP contribution in [0.1, 0.15) is 6.92 Å². The Morgan fingerprint density at radius 2 is 2.54 bits per heavy atom. The Labute approximate surface area is 76.6 Å². The van der Waals surface area contributed by atoms with E-state index in [4.69, 9.17) is 0 Å². The Hall–Kier alpha value is -1.58. The Morgan fingerprint density at radius 1 is 1.69 bits per heavy atom. The molecule has 1 N–H and O–H groups in total. The van der Waals surface area contributed by atoms with Crippen LogP contribution in [0.25, 0.3) is 0 Å². The summed E-state index contributed by atoms with van der Waals surface area (Å²) in [5, 5.41) is 2.78. The number of anilines is 2. The predicted molar refractivity (Wildman–Crippen MR) is 50.8 cm³/mol. The molecule has 0 fully saturated rings. The number of hydrogen-bond acceptors (Lipinski definition) is 3. The zero-order valence-corrected chi connectivity index (χ0v) is 7.45. The minimum atomic E-state index is 0.0300. The fourth-order valence-corrected chi connectivity index (χ4v) is 1.49. The van der Waals surface area contributed by atoms with E-state index in [2.05, 4.69) is 10.3 Å². The summed E-state index contributed by atoms with van der Waals surface area (Å²) in [5.41, 5.74) is 1.86. The molecule has 0 aliphatic carbocycles. The van der Waals surface area contributed by atoms with E-state index < -0.39 is 0 Å². The van der Waals surface area contributed by atoms with E-state index in [0.717, 1.165) is 17.9 Å². The van der Waals surface area contributed by atoms with Crippen LogP contribution in [-0.2, 0) is 4.79 Å². The maximum atomic E-state index is 11.2. The van der Waals surface area contributed by atoms with E-state index in [-0.39, 0.29) is 5.91 Å². The molecule has 4 nitrogen and oxygen atoms in total. The van der Waals surface area contributed by atoms with Crippen molar-refractivity contribution in [1.82, 2.24) is 4.98 Å². The minimum absolute atomic E-state index is 0.0300. The number of amides is 1. The van der Waals surface area contributed by atoms with Crippen molar-refractivity contribution in [2.75, 3.05) is 23.3 Å². The maximum Gasteiger partial charge on any atom is 0.243 e. The highest BCUT2D eigenvalue weighted by molar-refractivity contribution is 6.00. The molecule has 0 atom stereocenters. The van der Waals surface area contributed by atoms with Crippen LogP contribution in [0.4, 0.5) is 11.4 Å². The largest absolute Gasteiger partial charge is 0.361 e. The SMILES string of the molecule is CCN1CC(=O)Nc2cnccc21. The van der Waals surface area contributed by atoms with Crippen LogP contribution < -0.4 is 10.2 Å². The second-order valence-corrected chi connectivity index (χ2v) is 2.96. The van der Waals surface area contributed by atoms with Crippen molar-refractivity contribution < 1.29 is 4.79 Å². The first-order valence-electron chi connectivity index (χ1n) is 4.30. The Bertz CT molecular complexity index is 337. The average Bonchev–Trinajstić information content (AvgIpc) is 2.16. The van der Waals surface area contributed by atoms with Gasteiger partial charge in [-0.2, -0.15) is 0 Å². The lowest BCUT2D eigenvalue weighted by atomic mass is 10.2. The maximum absolute atomic E-state index is 11.2. The summed E-state index contributed by atoms with van der Waals surface area (Å²) in [5.74, 6) is 0.0300. The first kappa shape index (κ1) is 8.04. The monoisotopic (exact) mass is 177 g/mol. The van der Waals surface area contributed by atoms with Crippen molar-refractivity contribution in [3.05, 3.63) is 18.5 Å². The van der Waals surface area contributed by atoms with Crippen LogP contribution in [0.5, 0.6) is 0 Å². The van der Waals surface area contributed by atoms with E-state index in [9.17, 15) is 4.79 Å². The quantitative estimate of drug-likeness (QED) is 0.692. The molecule has 2 heterocycles. The van der Waals surface area contributed by atoms with Crippen molar-refractivity contribution in [2.24, 2.45) is 0 Å². The van der Waals surface area contributed by atoms with Crippen LogP contribution in [0.3, 0.4) is 0 Å². The van der Waals surface area contributed by atoms with Crippen molar-refractivity contribution >= 4 is 17.3 Å². The fourth-order valence-electron chi connectivity index (χ4n) is 1.49. The van der Waals surface area contributed by atoms with Crippen molar-refractivity contribution in [3.8, 4) is 0 Å². The summed E-state index contributed by atoms with van der Waals surface area (Å²) in [7, 11) is 0. The number of fused-ring (bicyclic) bond motifs is 1. The molecule has 0 aromatic carbocycles. The summed E-state index contributed by atoms with van der Waals surface area (Å²) >= 11 is 0. The number of rotatable bonds is 1. The normalized spacial score (nSPS) is 15.2. The summed E-state index contributed by atoms with van der Waals surface area (Å²) in [4.78, 5) is 17.2. The summed E-state index contributed by atoms with van der Waals surface area (Å²) in [6, 6.07) is 1.91. The van der Waals surface area contributed by atoms with E-state index in [0.29, 0.717) is 6.54 Å². The zero-order chi connectivity index (χ0) is 9.26. The lowest BCUT2D eigenvalue weighted by Crippen LogP contribution is -2.37. The van der Waals surface area contributed by atoms with Gasteiger partial charge in [0.05, 0.1) is 24.1 Å². The Balaban J connectivity index is 2.42. The topological polar surface area (TPSA) is 45.2 Å². The van der Waals surface area contributed by atoms with Crippen LogP contribution in [0.2, 0.25) is 0 Å². The van der Waals surface area contributed by atoms with Crippen LogP contribution in [-0.4, -0.2) is 24.0 Å². The van der Waals surface area contributed by atoms with E-state index in [1.54, 1.807) is 12.4 Å². The number of likely N-dealkylation sites (N-methyl/N-ethyl adjacent to an activating group) is 1. The number of hydrogen-bond donors (Lipinski definition) is 1. The predicted octanol–water partition coefficient (Wildman–Crippen LogP) is 0.860. The number of pyridine rings is 1. The Kier molecular flexibility index (Phi) is 1.88. The highest BCUT2D eigenvalue weighted by Gasteiger charge is 2.19. The zero-order valence-electron chi connectivity index (χ0n) is 7.45. The van der Waals surface area contributed by atoms with E-state index >= 15 is 0 Å². The molecule has 2 rings (SSSR count). The van der Waals surface area contributed by atoms with Gasteiger partial charge in [0.15, 0.2) is 0 Å². The summed E-state index contributed by atoms with van der Waals surface area (Å²) in [6.07, 6.45) is 3.41. The highest BCUT2D eigenvalue weighted by Crippen LogP contribution is 2.27. The summed E-state index contributed by atoms with van der Waals surface area (Å²) in [6.45, 7) is 3.31.